The summed E-state index contributed by atoms with van der Waals surface area (Å²) < 4.78 is 0. The second-order valence-corrected chi connectivity index (χ2v) is 6.11. The number of halogens is 1. The van der Waals surface area contributed by atoms with Gasteiger partial charge in [-0.3, -0.25) is 0 Å². The molecule has 0 fully saturated rings. The maximum absolute atomic E-state index is 5.91. The number of aromatic nitrogens is 2. The number of nitrogens with one attached hydrogen (secondary N) is 1. The van der Waals surface area contributed by atoms with Crippen LogP contribution in [0, 0.1) is 0 Å². The Bertz CT molecular complexity index is 710. The molecule has 2 aromatic carbocycles. The van der Waals surface area contributed by atoms with Crippen LogP contribution < -0.4 is 5.32 Å². The molecule has 0 amide bonds. The van der Waals surface area contributed by atoms with Crippen molar-refractivity contribution in [2.75, 3.05) is 5.32 Å². The van der Waals surface area contributed by atoms with E-state index in [9.17, 15) is 0 Å². The Morgan fingerprint density at radius 2 is 1.71 bits per heavy atom. The van der Waals surface area contributed by atoms with Gasteiger partial charge in [0.25, 0.3) is 0 Å². The lowest BCUT2D eigenvalue weighted by molar-refractivity contribution is 0.874. The van der Waals surface area contributed by atoms with Crippen LogP contribution in [0.1, 0.15) is 18.5 Å². The van der Waals surface area contributed by atoms with Crippen molar-refractivity contribution in [2.24, 2.45) is 0 Å². The molecule has 1 atom stereocenters. The molecule has 106 valence electrons. The Morgan fingerprint density at radius 3 is 2.43 bits per heavy atom. The molecule has 1 N–H and O–H groups in total. The second kappa shape index (κ2) is 6.24. The van der Waals surface area contributed by atoms with E-state index in [1.807, 2.05) is 54.6 Å². The van der Waals surface area contributed by atoms with E-state index in [0.717, 1.165) is 26.3 Å². The minimum absolute atomic E-state index is 0.152. The molecule has 3 aromatic rings. The first-order valence-corrected chi connectivity index (χ1v) is 7.83. The first-order valence-electron chi connectivity index (χ1n) is 6.63. The molecular formula is C16H14ClN3S. The lowest BCUT2D eigenvalue weighted by Crippen LogP contribution is -2.05. The Morgan fingerprint density at radius 1 is 1.00 bits per heavy atom. The lowest BCUT2D eigenvalue weighted by Gasteiger charge is -2.12. The summed E-state index contributed by atoms with van der Waals surface area (Å²) in [6.45, 7) is 2.09. The molecule has 0 aliphatic heterocycles. The van der Waals surface area contributed by atoms with Crippen molar-refractivity contribution in [1.82, 2.24) is 10.2 Å². The number of hydrogen-bond acceptors (Lipinski definition) is 4. The van der Waals surface area contributed by atoms with E-state index in [4.69, 9.17) is 11.6 Å². The van der Waals surface area contributed by atoms with Gasteiger partial charge < -0.3 is 5.32 Å². The minimum atomic E-state index is 0.152. The van der Waals surface area contributed by atoms with Gasteiger partial charge in [-0.2, -0.15) is 0 Å². The molecule has 0 spiro atoms. The topological polar surface area (TPSA) is 37.8 Å². The maximum Gasteiger partial charge on any atom is 0.206 e. The fraction of sp³-hybridized carbons (Fsp3) is 0.125. The SMILES string of the molecule is CC(Nc1nnc(-c2ccccc2)s1)c1ccc(Cl)cc1. The van der Waals surface area contributed by atoms with Gasteiger partial charge in [0.15, 0.2) is 0 Å². The summed E-state index contributed by atoms with van der Waals surface area (Å²) in [7, 11) is 0. The van der Waals surface area contributed by atoms with Crippen LogP contribution in [0.3, 0.4) is 0 Å². The highest BCUT2D eigenvalue weighted by Gasteiger charge is 2.10. The van der Waals surface area contributed by atoms with Crippen LogP contribution in [0.25, 0.3) is 10.6 Å². The summed E-state index contributed by atoms with van der Waals surface area (Å²) in [5, 5.41) is 14.3. The van der Waals surface area contributed by atoms with Gasteiger partial charge in [-0.25, -0.2) is 0 Å². The molecule has 3 nitrogen and oxygen atoms in total. The van der Waals surface area contributed by atoms with E-state index >= 15 is 0 Å². The zero-order valence-electron chi connectivity index (χ0n) is 11.5. The number of anilines is 1. The van der Waals surface area contributed by atoms with E-state index in [0.29, 0.717) is 0 Å². The second-order valence-electron chi connectivity index (χ2n) is 4.70. The average molecular weight is 316 g/mol. The van der Waals surface area contributed by atoms with Gasteiger partial charge >= 0.3 is 0 Å². The number of rotatable bonds is 4. The van der Waals surface area contributed by atoms with Crippen molar-refractivity contribution in [3.63, 3.8) is 0 Å². The highest BCUT2D eigenvalue weighted by Crippen LogP contribution is 2.28. The molecule has 3 rings (SSSR count). The smallest absolute Gasteiger partial charge is 0.206 e. The molecular weight excluding hydrogens is 302 g/mol. The maximum atomic E-state index is 5.91. The Kier molecular flexibility index (Phi) is 4.18. The normalized spacial score (nSPS) is 12.1. The van der Waals surface area contributed by atoms with Crippen molar-refractivity contribution in [3.8, 4) is 10.6 Å². The molecule has 0 bridgehead atoms. The minimum Gasteiger partial charge on any atom is -0.354 e. The van der Waals surface area contributed by atoms with Gasteiger partial charge in [0.1, 0.15) is 5.01 Å². The van der Waals surface area contributed by atoms with E-state index in [1.54, 1.807) is 11.3 Å². The summed E-state index contributed by atoms with van der Waals surface area (Å²) in [4.78, 5) is 0. The summed E-state index contributed by atoms with van der Waals surface area (Å²) in [6, 6.07) is 18.0. The van der Waals surface area contributed by atoms with Gasteiger partial charge in [-0.15, -0.1) is 10.2 Å². The average Bonchev–Trinajstić information content (AvgIpc) is 2.97. The van der Waals surface area contributed by atoms with Crippen LogP contribution in [0.15, 0.2) is 54.6 Å². The molecule has 1 unspecified atom stereocenters. The molecule has 1 heterocycles. The van der Waals surface area contributed by atoms with Crippen molar-refractivity contribution in [2.45, 2.75) is 13.0 Å². The highest BCUT2D eigenvalue weighted by molar-refractivity contribution is 7.18. The molecule has 0 aliphatic rings. The van der Waals surface area contributed by atoms with Crippen LogP contribution in [0.2, 0.25) is 5.02 Å². The van der Waals surface area contributed by atoms with Crippen molar-refractivity contribution in [1.29, 1.82) is 0 Å². The van der Waals surface area contributed by atoms with Crippen molar-refractivity contribution in [3.05, 3.63) is 65.2 Å². The highest BCUT2D eigenvalue weighted by atomic mass is 35.5. The zero-order valence-corrected chi connectivity index (χ0v) is 13.0. The van der Waals surface area contributed by atoms with Gasteiger partial charge in [0.2, 0.25) is 5.13 Å². The number of benzene rings is 2. The van der Waals surface area contributed by atoms with E-state index in [1.165, 1.54) is 0 Å². The summed E-state index contributed by atoms with van der Waals surface area (Å²) in [5.74, 6) is 0. The molecule has 5 heteroatoms. The van der Waals surface area contributed by atoms with Gasteiger partial charge in [0, 0.05) is 10.6 Å². The molecule has 0 saturated heterocycles. The van der Waals surface area contributed by atoms with Crippen LogP contribution in [0.5, 0.6) is 0 Å². The number of hydrogen-bond donors (Lipinski definition) is 1. The van der Waals surface area contributed by atoms with Crippen molar-refractivity contribution < 1.29 is 0 Å². The van der Waals surface area contributed by atoms with Crippen LogP contribution in [-0.2, 0) is 0 Å². The fourth-order valence-electron chi connectivity index (χ4n) is 2.00. The van der Waals surface area contributed by atoms with Crippen LogP contribution in [-0.4, -0.2) is 10.2 Å². The third kappa shape index (κ3) is 3.40. The monoisotopic (exact) mass is 315 g/mol. The summed E-state index contributed by atoms with van der Waals surface area (Å²) in [5.41, 5.74) is 2.25. The largest absolute Gasteiger partial charge is 0.354 e. The van der Waals surface area contributed by atoms with Crippen LogP contribution >= 0.6 is 22.9 Å². The Hall–Kier alpha value is -1.91. The molecule has 0 saturated carbocycles. The summed E-state index contributed by atoms with van der Waals surface area (Å²) in [6.07, 6.45) is 0. The van der Waals surface area contributed by atoms with Crippen molar-refractivity contribution >= 4 is 28.1 Å². The molecule has 21 heavy (non-hydrogen) atoms. The fourth-order valence-corrected chi connectivity index (χ4v) is 2.96. The first kappa shape index (κ1) is 14.0. The third-order valence-electron chi connectivity index (χ3n) is 3.16. The number of nitrogens with zero attached hydrogens (tertiary/aromatic N) is 2. The quantitative estimate of drug-likeness (QED) is 0.733. The van der Waals surface area contributed by atoms with Gasteiger partial charge in [-0.1, -0.05) is 65.4 Å². The van der Waals surface area contributed by atoms with Crippen LogP contribution in [0.4, 0.5) is 5.13 Å². The predicted octanol–water partition coefficient (Wildman–Crippen LogP) is 5.03. The van der Waals surface area contributed by atoms with E-state index < -0.39 is 0 Å². The molecule has 0 aliphatic carbocycles. The van der Waals surface area contributed by atoms with Gasteiger partial charge in [-0.05, 0) is 24.6 Å². The Labute approximate surface area is 132 Å². The predicted molar refractivity (Wildman–Crippen MR) is 88.8 cm³/mol. The summed E-state index contributed by atoms with van der Waals surface area (Å²) >= 11 is 7.46. The molecule has 1 aromatic heterocycles. The first-order chi connectivity index (χ1) is 10.2. The lowest BCUT2D eigenvalue weighted by atomic mass is 10.1. The van der Waals surface area contributed by atoms with E-state index in [2.05, 4.69) is 22.4 Å². The Balaban J connectivity index is 1.74. The van der Waals surface area contributed by atoms with Gasteiger partial charge in [0.05, 0.1) is 6.04 Å². The zero-order chi connectivity index (χ0) is 14.7. The van der Waals surface area contributed by atoms with E-state index in [-0.39, 0.29) is 6.04 Å². The standard InChI is InChI=1S/C16H14ClN3S/c1-11(12-7-9-14(17)10-8-12)18-16-20-19-15(21-16)13-5-3-2-4-6-13/h2-11H,1H3,(H,18,20). The molecule has 0 radical (unpaired) electrons. The third-order valence-corrected chi connectivity index (χ3v) is 4.31.